The van der Waals surface area contributed by atoms with Crippen molar-refractivity contribution in [1.82, 2.24) is 20.6 Å². The average molecular weight is 465 g/mol. The van der Waals surface area contributed by atoms with Crippen LogP contribution in [0.4, 0.5) is 0 Å². The number of guanidine groups is 1. The number of hydrogen-bond donors (Lipinski definition) is 3. The minimum absolute atomic E-state index is 0. The van der Waals surface area contributed by atoms with Crippen LogP contribution in [-0.2, 0) is 6.42 Å². The van der Waals surface area contributed by atoms with Crippen LogP contribution < -0.4 is 15.4 Å². The highest BCUT2D eigenvalue weighted by Gasteiger charge is 2.03. The normalized spacial score (nSPS) is 11.0. The molecule has 0 aliphatic rings. The van der Waals surface area contributed by atoms with E-state index in [-0.39, 0.29) is 24.0 Å². The maximum Gasteiger partial charge on any atom is 0.191 e. The summed E-state index contributed by atoms with van der Waals surface area (Å²) >= 11 is 0. The lowest BCUT2D eigenvalue weighted by molar-refractivity contribution is 0.320. The molecule has 7 heteroatoms. The number of nitrogens with one attached hydrogen (secondary N) is 3. The molecule has 3 rings (SSSR count). The van der Waals surface area contributed by atoms with E-state index in [0.29, 0.717) is 13.2 Å². The number of para-hydroxylation sites is 1. The van der Waals surface area contributed by atoms with E-state index in [4.69, 9.17) is 4.74 Å². The van der Waals surface area contributed by atoms with Crippen molar-refractivity contribution in [2.75, 3.05) is 26.7 Å². The smallest absolute Gasteiger partial charge is 0.191 e. The van der Waals surface area contributed by atoms with E-state index < -0.39 is 0 Å². The van der Waals surface area contributed by atoms with Crippen LogP contribution in [0.3, 0.4) is 0 Å². The number of H-pyrrole nitrogens is 1. The largest absolute Gasteiger partial charge is 0.490 e. The predicted molar refractivity (Wildman–Crippen MR) is 117 cm³/mol. The average Bonchev–Trinajstić information content (AvgIpc) is 3.08. The first-order valence-electron chi connectivity index (χ1n) is 8.39. The molecule has 138 valence electrons. The molecule has 0 saturated heterocycles. The van der Waals surface area contributed by atoms with Crippen LogP contribution in [0.2, 0.25) is 0 Å². The number of aromatic nitrogens is 2. The Morgan fingerprint density at radius 2 is 2.00 bits per heavy atom. The third kappa shape index (κ3) is 5.62. The fourth-order valence-corrected chi connectivity index (χ4v) is 2.65. The number of ether oxygens (including phenoxy) is 1. The van der Waals surface area contributed by atoms with E-state index in [1.165, 1.54) is 16.5 Å². The number of halogens is 1. The van der Waals surface area contributed by atoms with Crippen LogP contribution >= 0.6 is 24.0 Å². The maximum atomic E-state index is 5.60. The van der Waals surface area contributed by atoms with Crippen molar-refractivity contribution in [2.24, 2.45) is 4.99 Å². The fourth-order valence-electron chi connectivity index (χ4n) is 2.65. The molecule has 0 unspecified atom stereocenters. The number of rotatable bonds is 7. The quantitative estimate of drug-likeness (QED) is 0.217. The second kappa shape index (κ2) is 10.6. The van der Waals surface area contributed by atoms with Gasteiger partial charge in [-0.25, -0.2) is 0 Å². The third-order valence-electron chi connectivity index (χ3n) is 3.88. The van der Waals surface area contributed by atoms with Crippen LogP contribution in [0, 0.1) is 0 Å². The monoisotopic (exact) mass is 465 g/mol. The number of aliphatic imine (C=N–C) groups is 1. The molecule has 26 heavy (non-hydrogen) atoms. The molecule has 0 spiro atoms. The Morgan fingerprint density at radius 3 is 2.81 bits per heavy atom. The van der Waals surface area contributed by atoms with Crippen molar-refractivity contribution in [3.05, 3.63) is 60.6 Å². The zero-order chi connectivity index (χ0) is 17.3. The zero-order valence-corrected chi connectivity index (χ0v) is 17.1. The summed E-state index contributed by atoms with van der Waals surface area (Å²) in [7, 11) is 1.77. The Hall–Kier alpha value is -2.29. The number of aromatic amines is 1. The number of hydrogen-bond acceptors (Lipinski definition) is 3. The molecule has 1 aromatic carbocycles. The number of fused-ring (bicyclic) bond motifs is 1. The summed E-state index contributed by atoms with van der Waals surface area (Å²) in [5.74, 6) is 1.54. The minimum atomic E-state index is 0. The summed E-state index contributed by atoms with van der Waals surface area (Å²) in [5, 5.41) is 7.85. The van der Waals surface area contributed by atoms with Crippen LogP contribution in [0.5, 0.6) is 5.75 Å². The standard InChI is InChI=1S/C19H23N5O.HI/c1-20-19(23-11-12-25-16-5-4-9-21-14-16)22-10-8-15-13-24-18-7-3-2-6-17(15)18;/h2-7,9,13-14,24H,8,10-12H2,1H3,(H2,20,22,23);1H. The van der Waals surface area contributed by atoms with E-state index in [0.717, 1.165) is 24.7 Å². The molecule has 2 heterocycles. The second-order valence-electron chi connectivity index (χ2n) is 5.57. The van der Waals surface area contributed by atoms with Crippen molar-refractivity contribution >= 4 is 40.8 Å². The van der Waals surface area contributed by atoms with Crippen LogP contribution in [0.25, 0.3) is 10.9 Å². The second-order valence-corrected chi connectivity index (χ2v) is 5.57. The van der Waals surface area contributed by atoms with Gasteiger partial charge in [-0.15, -0.1) is 24.0 Å². The minimum Gasteiger partial charge on any atom is -0.490 e. The predicted octanol–water partition coefficient (Wildman–Crippen LogP) is 2.97. The SMILES string of the molecule is CN=C(NCCOc1cccnc1)NCCc1c[nH]c2ccccc12.I. The molecule has 0 atom stereocenters. The lowest BCUT2D eigenvalue weighted by atomic mass is 10.1. The molecule has 0 radical (unpaired) electrons. The van der Waals surface area contributed by atoms with Crippen molar-refractivity contribution in [2.45, 2.75) is 6.42 Å². The molecule has 2 aromatic heterocycles. The molecular formula is C19H24IN5O. The first kappa shape index (κ1) is 20.0. The van der Waals surface area contributed by atoms with Gasteiger partial charge in [0.25, 0.3) is 0 Å². The molecule has 3 N–H and O–H groups in total. The van der Waals surface area contributed by atoms with E-state index in [9.17, 15) is 0 Å². The molecular weight excluding hydrogens is 441 g/mol. The van der Waals surface area contributed by atoms with Crippen LogP contribution in [0.1, 0.15) is 5.56 Å². The van der Waals surface area contributed by atoms with Crippen LogP contribution in [0.15, 0.2) is 60.0 Å². The highest BCUT2D eigenvalue weighted by Crippen LogP contribution is 2.17. The molecule has 3 aromatic rings. The topological polar surface area (TPSA) is 74.3 Å². The zero-order valence-electron chi connectivity index (χ0n) is 14.7. The van der Waals surface area contributed by atoms with Gasteiger partial charge in [-0.05, 0) is 30.2 Å². The van der Waals surface area contributed by atoms with E-state index in [1.807, 2.05) is 18.2 Å². The van der Waals surface area contributed by atoms with Gasteiger partial charge in [-0.3, -0.25) is 9.98 Å². The number of pyridine rings is 1. The van der Waals surface area contributed by atoms with Crippen molar-refractivity contribution in [1.29, 1.82) is 0 Å². The first-order chi connectivity index (χ1) is 12.4. The summed E-state index contributed by atoms with van der Waals surface area (Å²) in [6, 6.07) is 12.1. The number of benzene rings is 1. The Morgan fingerprint density at radius 1 is 1.15 bits per heavy atom. The Balaban J connectivity index is 0.00000243. The van der Waals surface area contributed by atoms with Crippen molar-refractivity contribution < 1.29 is 4.74 Å². The lowest BCUT2D eigenvalue weighted by Gasteiger charge is -2.12. The summed E-state index contributed by atoms with van der Waals surface area (Å²) in [6.07, 6.45) is 6.43. The first-order valence-corrected chi connectivity index (χ1v) is 8.39. The molecule has 0 saturated carbocycles. The Labute approximate surface area is 170 Å². The highest BCUT2D eigenvalue weighted by atomic mass is 127. The number of nitrogens with zero attached hydrogens (tertiary/aromatic N) is 2. The molecule has 0 aliphatic heterocycles. The summed E-state index contributed by atoms with van der Waals surface area (Å²) in [5.41, 5.74) is 2.48. The molecule has 0 aliphatic carbocycles. The van der Waals surface area contributed by atoms with Gasteiger partial charge in [-0.1, -0.05) is 18.2 Å². The van der Waals surface area contributed by atoms with E-state index in [2.05, 4.69) is 50.0 Å². The Kier molecular flexibility index (Phi) is 8.20. The van der Waals surface area contributed by atoms with Crippen molar-refractivity contribution in [3.8, 4) is 5.75 Å². The van der Waals surface area contributed by atoms with Gasteiger partial charge in [0.1, 0.15) is 12.4 Å². The van der Waals surface area contributed by atoms with Gasteiger partial charge in [0, 0.05) is 36.9 Å². The Bertz CT molecular complexity index is 819. The van der Waals surface area contributed by atoms with E-state index in [1.54, 1.807) is 19.4 Å². The lowest BCUT2D eigenvalue weighted by Crippen LogP contribution is -2.40. The van der Waals surface area contributed by atoms with Gasteiger partial charge in [0.15, 0.2) is 5.96 Å². The molecule has 0 fully saturated rings. The summed E-state index contributed by atoms with van der Waals surface area (Å²) in [4.78, 5) is 11.6. The van der Waals surface area contributed by atoms with Gasteiger partial charge < -0.3 is 20.4 Å². The fraction of sp³-hybridized carbons (Fsp3) is 0.263. The molecule has 6 nitrogen and oxygen atoms in total. The van der Waals surface area contributed by atoms with Crippen LogP contribution in [-0.4, -0.2) is 42.7 Å². The van der Waals surface area contributed by atoms with Crippen molar-refractivity contribution in [3.63, 3.8) is 0 Å². The van der Waals surface area contributed by atoms with Gasteiger partial charge in [0.2, 0.25) is 0 Å². The van der Waals surface area contributed by atoms with Gasteiger partial charge in [-0.2, -0.15) is 0 Å². The highest BCUT2D eigenvalue weighted by molar-refractivity contribution is 14.0. The van der Waals surface area contributed by atoms with Gasteiger partial charge >= 0.3 is 0 Å². The molecule has 0 bridgehead atoms. The maximum absolute atomic E-state index is 5.60. The van der Waals surface area contributed by atoms with E-state index >= 15 is 0 Å². The van der Waals surface area contributed by atoms with Gasteiger partial charge in [0.05, 0.1) is 12.7 Å². The molecule has 0 amide bonds. The summed E-state index contributed by atoms with van der Waals surface area (Å²) in [6.45, 7) is 2.03. The third-order valence-corrected chi connectivity index (χ3v) is 3.88. The summed E-state index contributed by atoms with van der Waals surface area (Å²) < 4.78 is 5.60.